The standard InChI is InChI=1S/C19H24FN5O/c1-26-16-3-2-15(17(20)5-16)10-21-18-6-13-4-14(7-18)9-19(8-13,11-18)25-23-12-22-24-25/h2-3,5,12-14,21H,4,6-11H2,1H3. The molecule has 4 aliphatic rings. The van der Waals surface area contributed by atoms with E-state index in [9.17, 15) is 4.39 Å². The van der Waals surface area contributed by atoms with E-state index in [1.165, 1.54) is 18.8 Å². The number of aromatic nitrogens is 4. The normalized spacial score (nSPS) is 35.0. The van der Waals surface area contributed by atoms with Gasteiger partial charge in [-0.05, 0) is 61.6 Å². The topological polar surface area (TPSA) is 64.9 Å². The fraction of sp³-hybridized carbons (Fsp3) is 0.632. The molecule has 1 aromatic carbocycles. The van der Waals surface area contributed by atoms with E-state index in [4.69, 9.17) is 4.74 Å². The second kappa shape index (κ2) is 5.74. The van der Waals surface area contributed by atoms with Gasteiger partial charge in [0.1, 0.15) is 11.6 Å². The first kappa shape index (κ1) is 16.2. The van der Waals surface area contributed by atoms with Crippen molar-refractivity contribution in [2.45, 2.75) is 56.1 Å². The molecule has 138 valence electrons. The van der Waals surface area contributed by atoms with Crippen molar-refractivity contribution in [3.8, 4) is 5.75 Å². The molecule has 4 saturated carbocycles. The summed E-state index contributed by atoms with van der Waals surface area (Å²) in [5.74, 6) is 1.72. The van der Waals surface area contributed by atoms with Crippen molar-refractivity contribution in [3.05, 3.63) is 35.9 Å². The number of hydrogen-bond acceptors (Lipinski definition) is 5. The third-order valence-electron chi connectivity index (χ3n) is 6.72. The van der Waals surface area contributed by atoms with E-state index in [0.717, 1.165) is 32.1 Å². The maximum atomic E-state index is 14.3. The van der Waals surface area contributed by atoms with Gasteiger partial charge in [-0.15, -0.1) is 10.2 Å². The van der Waals surface area contributed by atoms with Gasteiger partial charge in [0.25, 0.3) is 0 Å². The predicted octanol–water partition coefficient (Wildman–Crippen LogP) is 2.66. The zero-order valence-corrected chi connectivity index (χ0v) is 15.0. The third-order valence-corrected chi connectivity index (χ3v) is 6.72. The Morgan fingerprint density at radius 3 is 2.73 bits per heavy atom. The Kier molecular flexibility index (Phi) is 3.57. The van der Waals surface area contributed by atoms with E-state index < -0.39 is 0 Å². The first-order chi connectivity index (χ1) is 12.6. The fourth-order valence-electron chi connectivity index (χ4n) is 6.12. The summed E-state index contributed by atoms with van der Waals surface area (Å²) in [6.07, 6.45) is 8.44. The summed E-state index contributed by atoms with van der Waals surface area (Å²) < 4.78 is 19.4. The lowest BCUT2D eigenvalue weighted by atomic mass is 9.50. The van der Waals surface area contributed by atoms with Crippen molar-refractivity contribution >= 4 is 0 Å². The number of nitrogens with one attached hydrogen (secondary N) is 1. The third kappa shape index (κ3) is 2.52. The van der Waals surface area contributed by atoms with Gasteiger partial charge in [-0.3, -0.25) is 0 Å². The van der Waals surface area contributed by atoms with E-state index in [2.05, 4.69) is 20.7 Å². The SMILES string of the molecule is COc1ccc(CNC23CC4CC(C2)CC(n2ncnn2)(C4)C3)c(F)c1. The van der Waals surface area contributed by atoms with Gasteiger partial charge in [0.05, 0.1) is 12.6 Å². The number of halogens is 1. The number of ether oxygens (including phenoxy) is 1. The summed E-state index contributed by atoms with van der Waals surface area (Å²) in [7, 11) is 1.56. The average molecular weight is 357 g/mol. The van der Waals surface area contributed by atoms with Crippen molar-refractivity contribution in [1.29, 1.82) is 0 Å². The van der Waals surface area contributed by atoms with Crippen molar-refractivity contribution in [3.63, 3.8) is 0 Å². The number of nitrogens with zero attached hydrogens (tertiary/aromatic N) is 4. The number of rotatable bonds is 5. The fourth-order valence-corrected chi connectivity index (χ4v) is 6.12. The summed E-state index contributed by atoms with van der Waals surface area (Å²) in [6, 6.07) is 5.09. The van der Waals surface area contributed by atoms with Crippen LogP contribution in [0.3, 0.4) is 0 Å². The second-order valence-corrected chi connectivity index (χ2v) is 8.50. The van der Waals surface area contributed by atoms with E-state index in [-0.39, 0.29) is 16.9 Å². The molecule has 26 heavy (non-hydrogen) atoms. The van der Waals surface area contributed by atoms with Crippen molar-refractivity contribution in [2.24, 2.45) is 11.8 Å². The van der Waals surface area contributed by atoms with Crippen LogP contribution in [0.4, 0.5) is 4.39 Å². The summed E-state index contributed by atoms with van der Waals surface area (Å²) in [4.78, 5) is 1.86. The van der Waals surface area contributed by atoms with Crippen LogP contribution in [-0.4, -0.2) is 32.9 Å². The molecule has 1 heterocycles. The van der Waals surface area contributed by atoms with Crippen LogP contribution in [0.5, 0.6) is 5.75 Å². The summed E-state index contributed by atoms with van der Waals surface area (Å²) >= 11 is 0. The molecule has 0 amide bonds. The minimum absolute atomic E-state index is 0.0218. The lowest BCUT2D eigenvalue weighted by Crippen LogP contribution is -2.65. The summed E-state index contributed by atoms with van der Waals surface area (Å²) in [5.41, 5.74) is 0.713. The lowest BCUT2D eigenvalue weighted by Gasteiger charge is -2.61. The monoisotopic (exact) mass is 357 g/mol. The van der Waals surface area contributed by atoms with Crippen LogP contribution in [-0.2, 0) is 12.1 Å². The van der Waals surface area contributed by atoms with Gasteiger partial charge in [0.2, 0.25) is 0 Å². The van der Waals surface area contributed by atoms with Crippen LogP contribution in [0, 0.1) is 17.7 Å². The van der Waals surface area contributed by atoms with Gasteiger partial charge < -0.3 is 10.1 Å². The van der Waals surface area contributed by atoms with Crippen LogP contribution < -0.4 is 10.1 Å². The molecule has 0 spiro atoms. The molecular formula is C19H24FN5O. The number of tetrazole rings is 1. The summed E-state index contributed by atoms with van der Waals surface area (Å²) in [5, 5.41) is 16.3. The van der Waals surface area contributed by atoms with Crippen molar-refractivity contribution in [1.82, 2.24) is 25.5 Å². The van der Waals surface area contributed by atoms with Crippen LogP contribution >= 0.6 is 0 Å². The molecule has 1 aromatic heterocycles. The zero-order chi connectivity index (χ0) is 17.8. The Morgan fingerprint density at radius 1 is 1.27 bits per heavy atom. The van der Waals surface area contributed by atoms with Crippen LogP contribution in [0.25, 0.3) is 0 Å². The first-order valence-electron chi connectivity index (χ1n) is 9.41. The quantitative estimate of drug-likeness (QED) is 0.891. The van der Waals surface area contributed by atoms with Gasteiger partial charge in [0, 0.05) is 23.7 Å². The smallest absolute Gasteiger partial charge is 0.162 e. The Hall–Kier alpha value is -2.02. The van der Waals surface area contributed by atoms with Crippen molar-refractivity contribution < 1.29 is 9.13 Å². The van der Waals surface area contributed by atoms with Crippen LogP contribution in [0.2, 0.25) is 0 Å². The number of hydrogen-bond donors (Lipinski definition) is 1. The molecule has 7 heteroatoms. The molecule has 2 unspecified atom stereocenters. The van der Waals surface area contributed by atoms with Crippen LogP contribution in [0.15, 0.2) is 24.5 Å². The molecule has 0 saturated heterocycles. The molecule has 0 radical (unpaired) electrons. The molecular weight excluding hydrogens is 333 g/mol. The molecule has 0 aliphatic heterocycles. The van der Waals surface area contributed by atoms with Gasteiger partial charge >= 0.3 is 0 Å². The number of benzene rings is 1. The minimum Gasteiger partial charge on any atom is -0.497 e. The molecule has 2 aromatic rings. The summed E-state index contributed by atoms with van der Waals surface area (Å²) in [6.45, 7) is 0.538. The molecule has 6 rings (SSSR count). The largest absolute Gasteiger partial charge is 0.497 e. The van der Waals surface area contributed by atoms with Crippen molar-refractivity contribution in [2.75, 3.05) is 7.11 Å². The molecule has 4 bridgehead atoms. The zero-order valence-electron chi connectivity index (χ0n) is 15.0. The lowest BCUT2D eigenvalue weighted by molar-refractivity contribution is -0.0854. The maximum Gasteiger partial charge on any atom is 0.162 e. The Bertz CT molecular complexity index is 794. The second-order valence-electron chi connectivity index (χ2n) is 8.50. The highest BCUT2D eigenvalue weighted by Gasteiger charge is 2.59. The van der Waals surface area contributed by atoms with Gasteiger partial charge in [0.15, 0.2) is 6.33 Å². The highest BCUT2D eigenvalue weighted by molar-refractivity contribution is 5.29. The maximum absolute atomic E-state index is 14.3. The van der Waals surface area contributed by atoms with Gasteiger partial charge in [-0.1, -0.05) is 6.07 Å². The Balaban J connectivity index is 1.39. The molecule has 2 atom stereocenters. The highest BCUT2D eigenvalue weighted by Crippen LogP contribution is 2.60. The molecule has 4 fully saturated rings. The van der Waals surface area contributed by atoms with Gasteiger partial charge in [-0.25, -0.2) is 4.39 Å². The van der Waals surface area contributed by atoms with E-state index in [1.807, 2.05) is 16.9 Å². The molecule has 6 nitrogen and oxygen atoms in total. The average Bonchev–Trinajstić information content (AvgIpc) is 3.15. The van der Waals surface area contributed by atoms with E-state index >= 15 is 0 Å². The van der Waals surface area contributed by atoms with E-state index in [0.29, 0.717) is 29.7 Å². The minimum atomic E-state index is -0.214. The predicted molar refractivity (Wildman–Crippen MR) is 93.0 cm³/mol. The van der Waals surface area contributed by atoms with E-state index in [1.54, 1.807) is 7.11 Å². The van der Waals surface area contributed by atoms with Gasteiger partial charge in [-0.2, -0.15) is 4.80 Å². The Morgan fingerprint density at radius 2 is 2.08 bits per heavy atom. The Labute approximate surface area is 152 Å². The number of methoxy groups -OCH3 is 1. The molecule has 4 aliphatic carbocycles. The molecule has 1 N–H and O–H groups in total. The van der Waals surface area contributed by atoms with Crippen LogP contribution in [0.1, 0.15) is 44.1 Å². The first-order valence-corrected chi connectivity index (χ1v) is 9.41. The highest BCUT2D eigenvalue weighted by atomic mass is 19.1.